The topological polar surface area (TPSA) is 101 Å². The molecule has 0 bridgehead atoms. The number of nitrogens with one attached hydrogen (secondary N) is 2. The number of anilines is 2. The molecule has 2 heterocycles. The highest BCUT2D eigenvalue weighted by molar-refractivity contribution is 7.92. The third kappa shape index (κ3) is 5.07. The standard InChI is InChI=1S/C23H19FN4O3S2/c1-14-6-11-18(33(30,31)28-17-9-7-16(24)8-10-17)13-19(14)22(29)27-23-26-15(2)21(32-23)20-5-3-4-12-25-20/h3-13,28H,1-2H3,(H,26,27,29). The number of pyridine rings is 1. The van der Waals surface area contributed by atoms with E-state index in [-0.39, 0.29) is 16.1 Å². The van der Waals surface area contributed by atoms with Gasteiger partial charge in [-0.25, -0.2) is 17.8 Å². The number of nitrogens with zero attached hydrogens (tertiary/aromatic N) is 2. The number of carbonyl (C=O) groups is 1. The van der Waals surface area contributed by atoms with Crippen molar-refractivity contribution < 1.29 is 17.6 Å². The highest BCUT2D eigenvalue weighted by Crippen LogP contribution is 2.31. The average molecular weight is 483 g/mol. The maximum absolute atomic E-state index is 13.1. The summed E-state index contributed by atoms with van der Waals surface area (Å²) in [5.74, 6) is -0.955. The number of thiazole rings is 1. The van der Waals surface area contributed by atoms with E-state index in [1.165, 1.54) is 35.6 Å². The molecule has 7 nitrogen and oxygen atoms in total. The summed E-state index contributed by atoms with van der Waals surface area (Å²) in [6.07, 6.45) is 1.68. The van der Waals surface area contributed by atoms with Gasteiger partial charge in [0.25, 0.3) is 15.9 Å². The summed E-state index contributed by atoms with van der Waals surface area (Å²) in [5.41, 5.74) is 2.49. The molecule has 2 N–H and O–H groups in total. The molecule has 0 spiro atoms. The number of hydrogen-bond donors (Lipinski definition) is 2. The summed E-state index contributed by atoms with van der Waals surface area (Å²) in [5, 5.41) is 3.13. The lowest BCUT2D eigenvalue weighted by Crippen LogP contribution is -2.17. The molecule has 0 aliphatic heterocycles. The van der Waals surface area contributed by atoms with Crippen molar-refractivity contribution in [2.75, 3.05) is 10.0 Å². The molecule has 4 aromatic rings. The Hall–Kier alpha value is -3.63. The number of aromatic nitrogens is 2. The van der Waals surface area contributed by atoms with E-state index in [0.717, 1.165) is 28.4 Å². The lowest BCUT2D eigenvalue weighted by Gasteiger charge is -2.11. The molecule has 0 radical (unpaired) electrons. The fraction of sp³-hybridized carbons (Fsp3) is 0.0870. The van der Waals surface area contributed by atoms with Crippen LogP contribution >= 0.6 is 11.3 Å². The predicted octanol–water partition coefficient (Wildman–Crippen LogP) is 5.01. The molecule has 33 heavy (non-hydrogen) atoms. The van der Waals surface area contributed by atoms with Crippen molar-refractivity contribution in [2.24, 2.45) is 0 Å². The Kier molecular flexibility index (Phi) is 6.21. The zero-order valence-electron chi connectivity index (χ0n) is 17.7. The summed E-state index contributed by atoms with van der Waals surface area (Å²) in [6, 6.07) is 14.8. The van der Waals surface area contributed by atoms with Crippen molar-refractivity contribution in [2.45, 2.75) is 18.7 Å². The molecule has 0 fully saturated rings. The first-order chi connectivity index (χ1) is 15.7. The van der Waals surface area contributed by atoms with E-state index >= 15 is 0 Å². The van der Waals surface area contributed by atoms with Crippen LogP contribution in [0.2, 0.25) is 0 Å². The van der Waals surface area contributed by atoms with Gasteiger partial charge in [-0.2, -0.15) is 0 Å². The Bertz CT molecular complexity index is 1420. The summed E-state index contributed by atoms with van der Waals surface area (Å²) in [4.78, 5) is 22.4. The Morgan fingerprint density at radius 3 is 2.48 bits per heavy atom. The third-order valence-corrected chi connectivity index (χ3v) is 7.25. The van der Waals surface area contributed by atoms with Crippen LogP contribution < -0.4 is 10.0 Å². The van der Waals surface area contributed by atoms with Gasteiger partial charge in [0.2, 0.25) is 0 Å². The van der Waals surface area contributed by atoms with Crippen molar-refractivity contribution in [3.8, 4) is 10.6 Å². The molecule has 0 saturated heterocycles. The van der Waals surface area contributed by atoms with Gasteiger partial charge < -0.3 is 0 Å². The first-order valence-electron chi connectivity index (χ1n) is 9.82. The van der Waals surface area contributed by atoms with E-state index in [0.29, 0.717) is 10.7 Å². The summed E-state index contributed by atoms with van der Waals surface area (Å²) in [6.45, 7) is 3.54. The molecule has 0 aliphatic rings. The van der Waals surface area contributed by atoms with Crippen LogP contribution in [0.25, 0.3) is 10.6 Å². The van der Waals surface area contributed by atoms with Gasteiger partial charge in [-0.1, -0.05) is 23.5 Å². The van der Waals surface area contributed by atoms with Crippen LogP contribution in [-0.4, -0.2) is 24.3 Å². The fourth-order valence-electron chi connectivity index (χ4n) is 3.09. The zero-order chi connectivity index (χ0) is 23.6. The van der Waals surface area contributed by atoms with Crippen LogP contribution in [-0.2, 0) is 10.0 Å². The zero-order valence-corrected chi connectivity index (χ0v) is 19.3. The molecule has 2 aromatic carbocycles. The summed E-state index contributed by atoms with van der Waals surface area (Å²) < 4.78 is 41.0. The van der Waals surface area contributed by atoms with Crippen LogP contribution in [0.1, 0.15) is 21.6 Å². The molecule has 0 unspecified atom stereocenters. The van der Waals surface area contributed by atoms with Gasteiger partial charge >= 0.3 is 0 Å². The minimum absolute atomic E-state index is 0.0907. The second-order valence-corrected chi connectivity index (χ2v) is 9.87. The van der Waals surface area contributed by atoms with Crippen molar-refractivity contribution in [3.05, 3.63) is 89.5 Å². The number of aryl methyl sites for hydroxylation is 2. The molecular weight excluding hydrogens is 463 g/mol. The van der Waals surface area contributed by atoms with Crippen LogP contribution in [0.3, 0.4) is 0 Å². The Morgan fingerprint density at radius 1 is 1.03 bits per heavy atom. The van der Waals surface area contributed by atoms with E-state index in [2.05, 4.69) is 20.0 Å². The summed E-state index contributed by atoms with van der Waals surface area (Å²) >= 11 is 1.29. The number of hydrogen-bond acceptors (Lipinski definition) is 6. The van der Waals surface area contributed by atoms with E-state index in [1.807, 2.05) is 25.1 Å². The van der Waals surface area contributed by atoms with Crippen molar-refractivity contribution in [3.63, 3.8) is 0 Å². The van der Waals surface area contributed by atoms with Crippen LogP contribution in [0.5, 0.6) is 0 Å². The van der Waals surface area contributed by atoms with Gasteiger partial charge in [0.15, 0.2) is 5.13 Å². The number of sulfonamides is 1. The van der Waals surface area contributed by atoms with Gasteiger partial charge in [0.05, 0.1) is 21.2 Å². The van der Waals surface area contributed by atoms with E-state index < -0.39 is 21.7 Å². The Balaban J connectivity index is 1.58. The maximum atomic E-state index is 13.1. The molecule has 0 atom stereocenters. The Labute approximate surface area is 194 Å². The number of amides is 1. The summed E-state index contributed by atoms with van der Waals surface area (Å²) in [7, 11) is -3.98. The smallest absolute Gasteiger partial charge is 0.261 e. The third-order valence-electron chi connectivity index (χ3n) is 4.77. The minimum atomic E-state index is -3.98. The van der Waals surface area contributed by atoms with Gasteiger partial charge in [0, 0.05) is 17.4 Å². The predicted molar refractivity (Wildman–Crippen MR) is 126 cm³/mol. The van der Waals surface area contributed by atoms with Gasteiger partial charge in [0.1, 0.15) is 5.82 Å². The first-order valence-corrected chi connectivity index (χ1v) is 12.1. The minimum Gasteiger partial charge on any atom is -0.298 e. The van der Waals surface area contributed by atoms with E-state index in [4.69, 9.17) is 0 Å². The van der Waals surface area contributed by atoms with Gasteiger partial charge in [-0.05, 0) is 67.9 Å². The highest BCUT2D eigenvalue weighted by atomic mass is 32.2. The number of rotatable bonds is 6. The molecule has 0 saturated carbocycles. The lowest BCUT2D eigenvalue weighted by atomic mass is 10.1. The number of carbonyl (C=O) groups excluding carboxylic acids is 1. The van der Waals surface area contributed by atoms with E-state index in [1.54, 1.807) is 19.2 Å². The normalized spacial score (nSPS) is 11.2. The highest BCUT2D eigenvalue weighted by Gasteiger charge is 2.20. The van der Waals surface area contributed by atoms with Gasteiger partial charge in [-0.15, -0.1) is 0 Å². The molecular formula is C23H19FN4O3S2. The quantitative estimate of drug-likeness (QED) is 0.402. The molecule has 2 aromatic heterocycles. The molecule has 168 valence electrons. The second-order valence-electron chi connectivity index (χ2n) is 7.19. The van der Waals surface area contributed by atoms with Crippen LogP contribution in [0.15, 0.2) is 71.8 Å². The SMILES string of the molecule is Cc1ccc(S(=O)(=O)Nc2ccc(F)cc2)cc1C(=O)Nc1nc(C)c(-c2ccccn2)s1. The maximum Gasteiger partial charge on any atom is 0.261 e. The lowest BCUT2D eigenvalue weighted by molar-refractivity contribution is 0.102. The number of halogens is 1. The fourth-order valence-corrected chi connectivity index (χ4v) is 5.12. The monoisotopic (exact) mass is 482 g/mol. The van der Waals surface area contributed by atoms with Crippen molar-refractivity contribution in [1.82, 2.24) is 9.97 Å². The van der Waals surface area contributed by atoms with E-state index in [9.17, 15) is 17.6 Å². The van der Waals surface area contributed by atoms with Gasteiger partial charge in [-0.3, -0.25) is 19.8 Å². The second kappa shape index (κ2) is 9.08. The first kappa shape index (κ1) is 22.6. The Morgan fingerprint density at radius 2 is 1.79 bits per heavy atom. The van der Waals surface area contributed by atoms with Crippen molar-refractivity contribution >= 4 is 38.1 Å². The molecule has 10 heteroatoms. The molecule has 4 rings (SSSR count). The van der Waals surface area contributed by atoms with Crippen LogP contribution in [0.4, 0.5) is 15.2 Å². The van der Waals surface area contributed by atoms with Crippen molar-refractivity contribution in [1.29, 1.82) is 0 Å². The van der Waals surface area contributed by atoms with Crippen LogP contribution in [0, 0.1) is 19.7 Å². The largest absolute Gasteiger partial charge is 0.298 e. The number of benzene rings is 2. The average Bonchev–Trinajstić information content (AvgIpc) is 3.15. The molecule has 0 aliphatic carbocycles. The molecule has 1 amide bonds.